The molecular formula is C12H20ClNO. The summed E-state index contributed by atoms with van der Waals surface area (Å²) in [6.45, 7) is 2.98. The van der Waals surface area contributed by atoms with Gasteiger partial charge in [-0.1, -0.05) is 13.3 Å². The van der Waals surface area contributed by atoms with Crippen LogP contribution in [0.4, 0.5) is 0 Å². The van der Waals surface area contributed by atoms with E-state index in [0.717, 1.165) is 13.0 Å². The summed E-state index contributed by atoms with van der Waals surface area (Å²) in [5.74, 6) is 1.77. The van der Waals surface area contributed by atoms with Gasteiger partial charge in [0.25, 0.3) is 0 Å². The summed E-state index contributed by atoms with van der Waals surface area (Å²) in [4.78, 5) is 11.9. The molecule has 1 amide bonds. The number of alkyl halides is 1. The van der Waals surface area contributed by atoms with Crippen molar-refractivity contribution in [2.24, 2.45) is 17.3 Å². The van der Waals surface area contributed by atoms with Gasteiger partial charge in [0.2, 0.25) is 5.91 Å². The third-order valence-corrected chi connectivity index (χ3v) is 4.64. The fourth-order valence-electron chi connectivity index (χ4n) is 2.48. The number of hydrogen-bond donors (Lipinski definition) is 1. The Balaban J connectivity index is 1.77. The first kappa shape index (κ1) is 11.3. The number of carbonyl (C=O) groups is 1. The van der Waals surface area contributed by atoms with Crippen molar-refractivity contribution < 1.29 is 4.79 Å². The van der Waals surface area contributed by atoms with Crippen LogP contribution in [0, 0.1) is 17.3 Å². The molecule has 0 aliphatic heterocycles. The SMILES string of the molecule is CC1CCCC1C(=O)NCC1(CCl)CC1. The monoisotopic (exact) mass is 229 g/mol. The van der Waals surface area contributed by atoms with Gasteiger partial charge < -0.3 is 5.32 Å². The highest BCUT2D eigenvalue weighted by Crippen LogP contribution is 2.46. The van der Waals surface area contributed by atoms with Crippen molar-refractivity contribution in [3.63, 3.8) is 0 Å². The molecule has 15 heavy (non-hydrogen) atoms. The summed E-state index contributed by atoms with van der Waals surface area (Å²) < 4.78 is 0. The number of halogens is 1. The maximum Gasteiger partial charge on any atom is 0.223 e. The van der Waals surface area contributed by atoms with Crippen LogP contribution in [0.3, 0.4) is 0 Å². The summed E-state index contributed by atoms with van der Waals surface area (Å²) in [5.41, 5.74) is 0.249. The van der Waals surface area contributed by atoms with E-state index in [1.54, 1.807) is 0 Å². The first-order valence-electron chi connectivity index (χ1n) is 6.01. The minimum absolute atomic E-state index is 0.249. The molecule has 2 aliphatic carbocycles. The lowest BCUT2D eigenvalue weighted by Crippen LogP contribution is -2.36. The van der Waals surface area contributed by atoms with Crippen molar-refractivity contribution >= 4 is 17.5 Å². The van der Waals surface area contributed by atoms with Gasteiger partial charge in [0, 0.05) is 23.8 Å². The third kappa shape index (κ3) is 2.47. The molecule has 2 saturated carbocycles. The largest absolute Gasteiger partial charge is 0.355 e. The zero-order valence-corrected chi connectivity index (χ0v) is 10.1. The number of carbonyl (C=O) groups excluding carboxylic acids is 1. The van der Waals surface area contributed by atoms with Crippen molar-refractivity contribution in [1.29, 1.82) is 0 Å². The Labute approximate surface area is 96.8 Å². The average molecular weight is 230 g/mol. The first-order valence-corrected chi connectivity index (χ1v) is 6.54. The Hall–Kier alpha value is -0.240. The minimum Gasteiger partial charge on any atom is -0.355 e. The molecule has 0 radical (unpaired) electrons. The van der Waals surface area contributed by atoms with Gasteiger partial charge >= 0.3 is 0 Å². The van der Waals surface area contributed by atoms with Crippen LogP contribution in [0.5, 0.6) is 0 Å². The highest BCUT2D eigenvalue weighted by atomic mass is 35.5. The molecule has 2 unspecified atom stereocenters. The molecule has 2 nitrogen and oxygen atoms in total. The Kier molecular flexibility index (Phi) is 3.24. The molecular weight excluding hydrogens is 210 g/mol. The smallest absolute Gasteiger partial charge is 0.223 e. The lowest BCUT2D eigenvalue weighted by atomic mass is 9.97. The van der Waals surface area contributed by atoms with Crippen LogP contribution in [-0.2, 0) is 4.79 Å². The van der Waals surface area contributed by atoms with Crippen molar-refractivity contribution in [2.45, 2.75) is 39.0 Å². The molecule has 0 bridgehead atoms. The van der Waals surface area contributed by atoms with E-state index in [0.29, 0.717) is 11.8 Å². The fraction of sp³-hybridized carbons (Fsp3) is 0.917. The summed E-state index contributed by atoms with van der Waals surface area (Å²) >= 11 is 5.88. The number of rotatable bonds is 4. The van der Waals surface area contributed by atoms with Crippen molar-refractivity contribution in [3.8, 4) is 0 Å². The van der Waals surface area contributed by atoms with Crippen molar-refractivity contribution in [2.75, 3.05) is 12.4 Å². The van der Waals surface area contributed by atoms with E-state index in [9.17, 15) is 4.79 Å². The zero-order valence-electron chi connectivity index (χ0n) is 9.39. The molecule has 2 atom stereocenters. The van der Waals surface area contributed by atoms with E-state index in [4.69, 9.17) is 11.6 Å². The van der Waals surface area contributed by atoms with E-state index in [1.807, 2.05) is 0 Å². The van der Waals surface area contributed by atoms with Gasteiger partial charge in [-0.15, -0.1) is 11.6 Å². The summed E-state index contributed by atoms with van der Waals surface area (Å²) in [5, 5.41) is 3.09. The molecule has 2 rings (SSSR count). The summed E-state index contributed by atoms with van der Waals surface area (Å²) in [7, 11) is 0. The standard InChI is InChI=1S/C12H20ClNO/c1-9-3-2-4-10(9)11(15)14-8-12(7-13)5-6-12/h9-10H,2-8H2,1H3,(H,14,15). The van der Waals surface area contributed by atoms with Crippen molar-refractivity contribution in [3.05, 3.63) is 0 Å². The second-order valence-electron chi connectivity index (χ2n) is 5.37. The molecule has 86 valence electrons. The minimum atomic E-state index is 0.249. The Morgan fingerprint density at radius 2 is 2.20 bits per heavy atom. The maximum absolute atomic E-state index is 11.9. The lowest BCUT2D eigenvalue weighted by molar-refractivity contribution is -0.126. The van der Waals surface area contributed by atoms with Crippen LogP contribution in [0.1, 0.15) is 39.0 Å². The topological polar surface area (TPSA) is 29.1 Å². The second kappa shape index (κ2) is 4.32. The number of amides is 1. The van der Waals surface area contributed by atoms with E-state index in [2.05, 4.69) is 12.2 Å². The van der Waals surface area contributed by atoms with Crippen LogP contribution in [0.25, 0.3) is 0 Å². The van der Waals surface area contributed by atoms with Gasteiger partial charge in [0.1, 0.15) is 0 Å². The highest BCUT2D eigenvalue weighted by Gasteiger charge is 2.42. The normalized spacial score (nSPS) is 32.7. The number of nitrogens with one attached hydrogen (secondary N) is 1. The van der Waals surface area contributed by atoms with Crippen LogP contribution < -0.4 is 5.32 Å². The molecule has 3 heteroatoms. The van der Waals surface area contributed by atoms with E-state index >= 15 is 0 Å². The van der Waals surface area contributed by atoms with Gasteiger partial charge in [0.15, 0.2) is 0 Å². The third-order valence-electron chi connectivity index (χ3n) is 4.08. The van der Waals surface area contributed by atoms with Crippen molar-refractivity contribution in [1.82, 2.24) is 5.32 Å². The highest BCUT2D eigenvalue weighted by molar-refractivity contribution is 6.18. The van der Waals surface area contributed by atoms with Gasteiger partial charge in [-0.2, -0.15) is 0 Å². The Morgan fingerprint density at radius 3 is 2.67 bits per heavy atom. The van der Waals surface area contributed by atoms with Gasteiger partial charge in [0.05, 0.1) is 0 Å². The quantitative estimate of drug-likeness (QED) is 0.738. The zero-order chi connectivity index (χ0) is 10.9. The van der Waals surface area contributed by atoms with Gasteiger partial charge in [-0.25, -0.2) is 0 Å². The molecule has 0 saturated heterocycles. The van der Waals surface area contributed by atoms with E-state index in [1.165, 1.54) is 25.7 Å². The van der Waals surface area contributed by atoms with Gasteiger partial charge in [-0.3, -0.25) is 4.79 Å². The van der Waals surface area contributed by atoms with Crippen LogP contribution in [-0.4, -0.2) is 18.3 Å². The predicted molar refractivity (Wildman–Crippen MR) is 61.9 cm³/mol. The van der Waals surface area contributed by atoms with Gasteiger partial charge in [-0.05, 0) is 31.6 Å². The summed E-state index contributed by atoms with van der Waals surface area (Å²) in [6, 6.07) is 0. The molecule has 2 fully saturated rings. The maximum atomic E-state index is 11.9. The molecule has 0 aromatic rings. The molecule has 2 aliphatic rings. The average Bonchev–Trinajstić information content (AvgIpc) is 2.91. The van der Waals surface area contributed by atoms with E-state index < -0.39 is 0 Å². The molecule has 0 aromatic carbocycles. The van der Waals surface area contributed by atoms with Crippen LogP contribution >= 0.6 is 11.6 Å². The molecule has 0 aromatic heterocycles. The Bertz CT molecular complexity index is 250. The summed E-state index contributed by atoms with van der Waals surface area (Å²) in [6.07, 6.45) is 5.84. The predicted octanol–water partition coefficient (Wildman–Crippen LogP) is 2.56. The lowest BCUT2D eigenvalue weighted by Gasteiger charge is -2.18. The Morgan fingerprint density at radius 1 is 1.47 bits per heavy atom. The molecule has 0 heterocycles. The first-order chi connectivity index (χ1) is 7.17. The van der Waals surface area contributed by atoms with E-state index in [-0.39, 0.29) is 17.2 Å². The fourth-order valence-corrected chi connectivity index (χ4v) is 2.84. The molecule has 1 N–H and O–H groups in total. The van der Waals surface area contributed by atoms with Crippen LogP contribution in [0.15, 0.2) is 0 Å². The number of hydrogen-bond acceptors (Lipinski definition) is 1. The second-order valence-corrected chi connectivity index (χ2v) is 5.63. The molecule has 0 spiro atoms. The van der Waals surface area contributed by atoms with Crippen LogP contribution in [0.2, 0.25) is 0 Å².